The number of halogens is 2. The predicted octanol–water partition coefficient (Wildman–Crippen LogP) is 6.04. The van der Waals surface area contributed by atoms with Gasteiger partial charge in [0.15, 0.2) is 0 Å². The first-order valence-corrected chi connectivity index (χ1v) is 10.4. The second-order valence-electron chi connectivity index (χ2n) is 6.23. The van der Waals surface area contributed by atoms with E-state index in [1.165, 1.54) is 18.2 Å². The van der Waals surface area contributed by atoms with Gasteiger partial charge in [-0.1, -0.05) is 50.1 Å². The Balaban J connectivity index is 1.83. The Kier molecular flexibility index (Phi) is 7.28. The fraction of sp³-hybridized carbons (Fsp3) is 0.0435. The Morgan fingerprint density at radius 1 is 1.10 bits per heavy atom. The van der Waals surface area contributed by atoms with Gasteiger partial charge in [0.2, 0.25) is 0 Å². The number of amides is 1. The maximum Gasteiger partial charge on any atom is 0.266 e. The lowest BCUT2D eigenvalue weighted by Gasteiger charge is -2.11. The van der Waals surface area contributed by atoms with Crippen LogP contribution in [0.1, 0.15) is 11.1 Å². The molecule has 5 nitrogen and oxygen atoms in total. The first-order valence-electron chi connectivity index (χ1n) is 8.84. The van der Waals surface area contributed by atoms with Gasteiger partial charge in [0, 0.05) is 25.8 Å². The molecule has 0 saturated heterocycles. The van der Waals surface area contributed by atoms with Gasteiger partial charge in [0.1, 0.15) is 29.7 Å². The van der Waals surface area contributed by atoms with Gasteiger partial charge in [-0.2, -0.15) is 5.26 Å². The molecule has 0 heterocycles. The normalized spacial score (nSPS) is 10.9. The van der Waals surface area contributed by atoms with Gasteiger partial charge in [0.25, 0.3) is 5.91 Å². The molecule has 3 rings (SSSR count). The number of nitrogens with zero attached hydrogens (tertiary/aromatic N) is 1. The molecular weight excluding hydrogens is 512 g/mol. The molecule has 0 aliphatic carbocycles. The van der Waals surface area contributed by atoms with Crippen molar-refractivity contribution in [2.45, 2.75) is 6.61 Å². The number of anilines is 1. The minimum atomic E-state index is -0.556. The smallest absolute Gasteiger partial charge is 0.266 e. The molecule has 0 atom stereocenters. The maximum absolute atomic E-state index is 12.5. The van der Waals surface area contributed by atoms with Crippen molar-refractivity contribution in [3.05, 3.63) is 92.4 Å². The van der Waals surface area contributed by atoms with Crippen molar-refractivity contribution in [3.63, 3.8) is 0 Å². The Morgan fingerprint density at radius 2 is 1.83 bits per heavy atom. The van der Waals surface area contributed by atoms with Gasteiger partial charge in [-0.3, -0.25) is 4.79 Å². The molecule has 1 amide bonds. The van der Waals surface area contributed by atoms with Crippen LogP contribution >= 0.6 is 31.9 Å². The zero-order valence-corrected chi connectivity index (χ0v) is 18.8. The zero-order chi connectivity index (χ0) is 21.5. The molecule has 0 unspecified atom stereocenters. The Labute approximate surface area is 190 Å². The highest BCUT2D eigenvalue weighted by Crippen LogP contribution is 2.28. The highest BCUT2D eigenvalue weighted by atomic mass is 79.9. The third-order valence-electron chi connectivity index (χ3n) is 4.10. The monoisotopic (exact) mass is 526 g/mol. The highest BCUT2D eigenvalue weighted by molar-refractivity contribution is 9.10. The molecule has 0 saturated carbocycles. The number of hydrogen-bond donors (Lipinski definition) is 2. The van der Waals surface area contributed by atoms with Crippen molar-refractivity contribution >= 4 is 49.5 Å². The summed E-state index contributed by atoms with van der Waals surface area (Å²) in [6.07, 6.45) is 1.48. The number of carbonyl (C=O) groups is 1. The van der Waals surface area contributed by atoms with E-state index in [1.807, 2.05) is 36.4 Å². The van der Waals surface area contributed by atoms with Crippen molar-refractivity contribution in [1.82, 2.24) is 0 Å². The molecule has 30 heavy (non-hydrogen) atoms. The number of nitriles is 1. The SMILES string of the molecule is N#C/C(=C\c1cc(Br)ccc1OCc1ccccc1Br)C(=O)Nc1ccc(O)cc1. The lowest BCUT2D eigenvalue weighted by atomic mass is 10.1. The maximum atomic E-state index is 12.5. The lowest BCUT2D eigenvalue weighted by molar-refractivity contribution is -0.112. The number of phenols is 1. The summed E-state index contributed by atoms with van der Waals surface area (Å²) < 4.78 is 7.68. The van der Waals surface area contributed by atoms with Crippen LogP contribution in [0.15, 0.2) is 81.2 Å². The minimum Gasteiger partial charge on any atom is -0.508 e. The first kappa shape index (κ1) is 21.6. The molecular formula is C23H16Br2N2O3. The number of hydrogen-bond acceptors (Lipinski definition) is 4. The molecule has 7 heteroatoms. The summed E-state index contributed by atoms with van der Waals surface area (Å²) in [6.45, 7) is 0.325. The van der Waals surface area contributed by atoms with Crippen molar-refractivity contribution < 1.29 is 14.6 Å². The van der Waals surface area contributed by atoms with Gasteiger partial charge in [-0.15, -0.1) is 0 Å². The standard InChI is InChI=1S/C23H16Br2N2O3/c24-18-5-10-22(30-14-15-3-1-2-4-21(15)25)16(12-18)11-17(13-26)23(29)27-19-6-8-20(28)9-7-19/h1-12,28H,14H2,(H,27,29)/b17-11+. The number of nitrogens with one attached hydrogen (secondary N) is 1. The Morgan fingerprint density at radius 3 is 2.53 bits per heavy atom. The number of aromatic hydroxyl groups is 1. The lowest BCUT2D eigenvalue weighted by Crippen LogP contribution is -2.13. The quantitative estimate of drug-likeness (QED) is 0.232. The van der Waals surface area contributed by atoms with Gasteiger partial charge in [0.05, 0.1) is 0 Å². The van der Waals surface area contributed by atoms with Crippen LogP contribution in [0, 0.1) is 11.3 Å². The number of carbonyl (C=O) groups excluding carboxylic acids is 1. The summed E-state index contributed by atoms with van der Waals surface area (Å²) in [6, 6.07) is 21.0. The summed E-state index contributed by atoms with van der Waals surface area (Å²) in [7, 11) is 0. The van der Waals surface area contributed by atoms with E-state index in [4.69, 9.17) is 4.74 Å². The third-order valence-corrected chi connectivity index (χ3v) is 5.37. The summed E-state index contributed by atoms with van der Waals surface area (Å²) in [5, 5.41) is 21.5. The largest absolute Gasteiger partial charge is 0.508 e. The third kappa shape index (κ3) is 5.72. The summed E-state index contributed by atoms with van der Waals surface area (Å²) >= 11 is 6.91. The molecule has 2 N–H and O–H groups in total. The molecule has 0 aliphatic heterocycles. The molecule has 3 aromatic carbocycles. The van der Waals surface area contributed by atoms with E-state index in [-0.39, 0.29) is 11.3 Å². The van der Waals surface area contributed by atoms with Gasteiger partial charge in [-0.25, -0.2) is 0 Å². The number of rotatable bonds is 6. The summed E-state index contributed by atoms with van der Waals surface area (Å²) in [4.78, 5) is 12.5. The average Bonchev–Trinajstić information content (AvgIpc) is 2.74. The molecule has 3 aromatic rings. The second kappa shape index (κ2) is 10.1. The number of benzene rings is 3. The molecule has 0 aliphatic rings. The summed E-state index contributed by atoms with van der Waals surface area (Å²) in [5.41, 5.74) is 1.96. The van der Waals surface area contributed by atoms with Crippen LogP contribution in [0.25, 0.3) is 6.08 Å². The van der Waals surface area contributed by atoms with Crippen LogP contribution in [0.4, 0.5) is 5.69 Å². The molecule has 150 valence electrons. The van der Waals surface area contributed by atoms with E-state index in [0.717, 1.165) is 14.5 Å². The highest BCUT2D eigenvalue weighted by Gasteiger charge is 2.12. The van der Waals surface area contributed by atoms with Crippen LogP contribution in [-0.4, -0.2) is 11.0 Å². The fourth-order valence-corrected chi connectivity index (χ4v) is 3.36. The van der Waals surface area contributed by atoms with Crippen LogP contribution in [-0.2, 0) is 11.4 Å². The Hall–Kier alpha value is -3.08. The minimum absolute atomic E-state index is 0.0769. The van der Waals surface area contributed by atoms with Crippen LogP contribution in [0.2, 0.25) is 0 Å². The predicted molar refractivity (Wildman–Crippen MR) is 123 cm³/mol. The molecule has 0 bridgehead atoms. The number of ether oxygens (including phenoxy) is 1. The topological polar surface area (TPSA) is 82.3 Å². The van der Waals surface area contributed by atoms with Gasteiger partial charge < -0.3 is 15.2 Å². The fourth-order valence-electron chi connectivity index (χ4n) is 2.58. The molecule has 0 aromatic heterocycles. The van der Waals surface area contributed by atoms with Crippen LogP contribution in [0.3, 0.4) is 0 Å². The zero-order valence-electron chi connectivity index (χ0n) is 15.6. The van der Waals surface area contributed by atoms with E-state index in [2.05, 4.69) is 37.2 Å². The second-order valence-corrected chi connectivity index (χ2v) is 8.00. The van der Waals surface area contributed by atoms with Gasteiger partial charge >= 0.3 is 0 Å². The van der Waals surface area contributed by atoms with Crippen LogP contribution < -0.4 is 10.1 Å². The van der Waals surface area contributed by atoms with E-state index in [9.17, 15) is 15.2 Å². The van der Waals surface area contributed by atoms with E-state index in [1.54, 1.807) is 24.3 Å². The van der Waals surface area contributed by atoms with Crippen molar-refractivity contribution in [3.8, 4) is 17.6 Å². The van der Waals surface area contributed by atoms with E-state index < -0.39 is 5.91 Å². The van der Waals surface area contributed by atoms with Crippen molar-refractivity contribution in [2.75, 3.05) is 5.32 Å². The molecule has 0 fully saturated rings. The number of phenolic OH excluding ortho intramolecular Hbond substituents is 1. The molecule has 0 radical (unpaired) electrons. The molecule has 0 spiro atoms. The van der Waals surface area contributed by atoms with E-state index in [0.29, 0.717) is 23.6 Å². The Bertz CT molecular complexity index is 1140. The van der Waals surface area contributed by atoms with Crippen molar-refractivity contribution in [2.24, 2.45) is 0 Å². The van der Waals surface area contributed by atoms with E-state index >= 15 is 0 Å². The first-order chi connectivity index (χ1) is 14.5. The van der Waals surface area contributed by atoms with Crippen molar-refractivity contribution in [1.29, 1.82) is 5.26 Å². The summed E-state index contributed by atoms with van der Waals surface area (Å²) in [5.74, 6) is 0.0732. The van der Waals surface area contributed by atoms with Crippen LogP contribution in [0.5, 0.6) is 11.5 Å². The average molecular weight is 528 g/mol. The van der Waals surface area contributed by atoms with Gasteiger partial charge in [-0.05, 0) is 54.6 Å².